The molecule has 106 valence electrons. The van der Waals surface area contributed by atoms with Crippen molar-refractivity contribution in [2.45, 2.75) is 0 Å². The van der Waals surface area contributed by atoms with Crippen LogP contribution in [0.2, 0.25) is 0 Å². The number of hydrogen-bond acceptors (Lipinski definition) is 7. The Kier molecular flexibility index (Phi) is 4.61. The molecular formula is C13H12N6O2. The van der Waals surface area contributed by atoms with Crippen LogP contribution in [0.1, 0.15) is 5.69 Å². The summed E-state index contributed by atoms with van der Waals surface area (Å²) in [5.74, 6) is 0.583. The number of rotatable bonds is 6. The molecule has 2 N–H and O–H groups in total. The summed E-state index contributed by atoms with van der Waals surface area (Å²) in [7, 11) is 0. The summed E-state index contributed by atoms with van der Waals surface area (Å²) in [6.07, 6.45) is 0. The molecule has 1 heterocycles. The van der Waals surface area contributed by atoms with E-state index in [4.69, 9.17) is 5.26 Å². The molecule has 0 spiro atoms. The number of aromatic nitrogens is 2. The van der Waals surface area contributed by atoms with Crippen molar-refractivity contribution in [2.75, 3.05) is 23.7 Å². The minimum Gasteiger partial charge on any atom is -0.383 e. The highest BCUT2D eigenvalue weighted by Gasteiger charge is 2.03. The number of nitriles is 1. The summed E-state index contributed by atoms with van der Waals surface area (Å²) in [6.45, 7) is 1.21. The lowest BCUT2D eigenvalue weighted by Crippen LogP contribution is -2.14. The van der Waals surface area contributed by atoms with Crippen LogP contribution in [-0.4, -0.2) is 28.2 Å². The number of anilines is 2. The maximum atomic E-state index is 10.5. The molecule has 0 fully saturated rings. The smallest absolute Gasteiger partial charge is 0.269 e. The third-order valence-electron chi connectivity index (χ3n) is 2.62. The first-order chi connectivity index (χ1) is 10.2. The number of benzene rings is 1. The van der Waals surface area contributed by atoms with E-state index < -0.39 is 4.92 Å². The Morgan fingerprint density at radius 1 is 1.10 bits per heavy atom. The Bertz CT molecular complexity index is 648. The molecule has 0 aliphatic carbocycles. The summed E-state index contributed by atoms with van der Waals surface area (Å²) < 4.78 is 0. The summed E-state index contributed by atoms with van der Waals surface area (Å²) in [6, 6.07) is 11.4. The first-order valence-corrected chi connectivity index (χ1v) is 6.15. The Balaban J connectivity index is 1.76. The third kappa shape index (κ3) is 4.14. The van der Waals surface area contributed by atoms with Crippen molar-refractivity contribution in [3.63, 3.8) is 0 Å². The van der Waals surface area contributed by atoms with Crippen molar-refractivity contribution in [3.05, 3.63) is 52.2 Å². The van der Waals surface area contributed by atoms with Crippen LogP contribution in [0, 0.1) is 21.4 Å². The van der Waals surface area contributed by atoms with Gasteiger partial charge in [-0.15, -0.1) is 10.2 Å². The van der Waals surface area contributed by atoms with Crippen LogP contribution in [0.4, 0.5) is 17.2 Å². The van der Waals surface area contributed by atoms with Gasteiger partial charge in [-0.3, -0.25) is 10.1 Å². The Morgan fingerprint density at radius 3 is 2.38 bits per heavy atom. The molecule has 8 heteroatoms. The molecule has 0 bridgehead atoms. The maximum Gasteiger partial charge on any atom is 0.269 e. The Hall–Kier alpha value is -3.21. The van der Waals surface area contributed by atoms with Crippen molar-refractivity contribution < 1.29 is 4.92 Å². The van der Waals surface area contributed by atoms with Crippen molar-refractivity contribution >= 4 is 17.2 Å². The zero-order chi connectivity index (χ0) is 15.1. The van der Waals surface area contributed by atoms with Gasteiger partial charge in [0.1, 0.15) is 11.9 Å². The highest BCUT2D eigenvalue weighted by Crippen LogP contribution is 2.14. The zero-order valence-corrected chi connectivity index (χ0v) is 11.0. The van der Waals surface area contributed by atoms with E-state index in [1.54, 1.807) is 24.3 Å². The lowest BCUT2D eigenvalue weighted by Gasteiger charge is -2.07. The van der Waals surface area contributed by atoms with Gasteiger partial charge >= 0.3 is 0 Å². The standard InChI is InChI=1S/C13H12N6O2/c14-9-11-3-6-13(18-17-11)16-8-7-15-10-1-4-12(5-2-10)19(20)21/h1-6,15H,7-8H2,(H,16,18). The zero-order valence-electron chi connectivity index (χ0n) is 11.0. The monoisotopic (exact) mass is 284 g/mol. The quantitative estimate of drug-likeness (QED) is 0.471. The molecule has 1 aromatic heterocycles. The molecule has 1 aromatic carbocycles. The van der Waals surface area contributed by atoms with Gasteiger partial charge in [0.05, 0.1) is 4.92 Å². The molecule has 2 rings (SSSR count). The van der Waals surface area contributed by atoms with Gasteiger partial charge in [-0.05, 0) is 24.3 Å². The van der Waals surface area contributed by atoms with Crippen molar-refractivity contribution in [1.29, 1.82) is 5.26 Å². The number of nitrogens with zero attached hydrogens (tertiary/aromatic N) is 4. The lowest BCUT2D eigenvalue weighted by atomic mass is 10.3. The minimum absolute atomic E-state index is 0.0616. The van der Waals surface area contributed by atoms with Crippen LogP contribution in [0.15, 0.2) is 36.4 Å². The molecule has 8 nitrogen and oxygen atoms in total. The second-order valence-corrected chi connectivity index (χ2v) is 4.07. The van der Waals surface area contributed by atoms with E-state index in [1.807, 2.05) is 6.07 Å². The van der Waals surface area contributed by atoms with E-state index in [0.717, 1.165) is 5.69 Å². The van der Waals surface area contributed by atoms with Crippen LogP contribution >= 0.6 is 0 Å². The molecule has 0 atom stereocenters. The van der Waals surface area contributed by atoms with E-state index in [0.29, 0.717) is 18.9 Å². The van der Waals surface area contributed by atoms with E-state index in [-0.39, 0.29) is 11.4 Å². The molecule has 2 aromatic rings. The van der Waals surface area contributed by atoms with E-state index in [9.17, 15) is 10.1 Å². The van der Waals surface area contributed by atoms with Crippen LogP contribution < -0.4 is 10.6 Å². The Morgan fingerprint density at radius 2 is 1.81 bits per heavy atom. The van der Waals surface area contributed by atoms with Gasteiger partial charge in [0.15, 0.2) is 5.69 Å². The summed E-state index contributed by atoms with van der Waals surface area (Å²) in [5.41, 5.74) is 1.13. The highest BCUT2D eigenvalue weighted by atomic mass is 16.6. The SMILES string of the molecule is N#Cc1ccc(NCCNc2ccc([N+](=O)[O-])cc2)nn1. The number of hydrogen-bond donors (Lipinski definition) is 2. The Labute approximate surface area is 120 Å². The van der Waals surface area contributed by atoms with Crippen LogP contribution in [0.5, 0.6) is 0 Å². The summed E-state index contributed by atoms with van der Waals surface area (Å²) >= 11 is 0. The highest BCUT2D eigenvalue weighted by molar-refractivity contribution is 5.48. The number of nitro benzene ring substituents is 1. The van der Waals surface area contributed by atoms with Gasteiger partial charge in [0.25, 0.3) is 5.69 Å². The molecular weight excluding hydrogens is 272 g/mol. The van der Waals surface area contributed by atoms with E-state index in [1.165, 1.54) is 12.1 Å². The average Bonchev–Trinajstić information content (AvgIpc) is 2.52. The lowest BCUT2D eigenvalue weighted by molar-refractivity contribution is -0.384. The fourth-order valence-corrected chi connectivity index (χ4v) is 1.58. The minimum atomic E-state index is -0.436. The van der Waals surface area contributed by atoms with Gasteiger partial charge in [-0.2, -0.15) is 5.26 Å². The first-order valence-electron chi connectivity index (χ1n) is 6.15. The fourth-order valence-electron chi connectivity index (χ4n) is 1.58. The topological polar surface area (TPSA) is 117 Å². The molecule has 0 radical (unpaired) electrons. The number of nitrogens with one attached hydrogen (secondary N) is 2. The van der Waals surface area contributed by atoms with Crippen molar-refractivity contribution in [3.8, 4) is 6.07 Å². The van der Waals surface area contributed by atoms with Gasteiger partial charge < -0.3 is 10.6 Å². The van der Waals surface area contributed by atoms with Gasteiger partial charge in [0, 0.05) is 30.9 Å². The predicted octanol–water partition coefficient (Wildman–Crippen LogP) is 1.78. The molecule has 0 unspecified atom stereocenters. The largest absolute Gasteiger partial charge is 0.383 e. The molecule has 0 aliphatic rings. The van der Waals surface area contributed by atoms with Crippen LogP contribution in [0.25, 0.3) is 0 Å². The van der Waals surface area contributed by atoms with Gasteiger partial charge in [-0.25, -0.2) is 0 Å². The van der Waals surface area contributed by atoms with E-state index >= 15 is 0 Å². The van der Waals surface area contributed by atoms with Gasteiger partial charge in [-0.1, -0.05) is 0 Å². The normalized spacial score (nSPS) is 9.67. The second kappa shape index (κ2) is 6.81. The molecule has 0 aliphatic heterocycles. The third-order valence-corrected chi connectivity index (χ3v) is 2.62. The molecule has 0 saturated heterocycles. The van der Waals surface area contributed by atoms with Crippen molar-refractivity contribution in [2.24, 2.45) is 0 Å². The predicted molar refractivity (Wildman–Crippen MR) is 76.8 cm³/mol. The fraction of sp³-hybridized carbons (Fsp3) is 0.154. The van der Waals surface area contributed by atoms with Crippen LogP contribution in [-0.2, 0) is 0 Å². The van der Waals surface area contributed by atoms with Gasteiger partial charge in [0.2, 0.25) is 0 Å². The second-order valence-electron chi connectivity index (χ2n) is 4.07. The van der Waals surface area contributed by atoms with Crippen molar-refractivity contribution in [1.82, 2.24) is 10.2 Å². The maximum absolute atomic E-state index is 10.5. The summed E-state index contributed by atoms with van der Waals surface area (Å²) in [4.78, 5) is 10.1. The van der Waals surface area contributed by atoms with E-state index in [2.05, 4.69) is 20.8 Å². The van der Waals surface area contributed by atoms with Crippen LogP contribution in [0.3, 0.4) is 0 Å². The molecule has 0 saturated carbocycles. The molecule has 21 heavy (non-hydrogen) atoms. The average molecular weight is 284 g/mol. The number of non-ortho nitro benzene ring substituents is 1. The summed E-state index contributed by atoms with van der Waals surface area (Å²) in [5, 5.41) is 32.8. The number of nitro groups is 1. The molecule has 0 amide bonds. The first kappa shape index (κ1) is 14.2.